The number of hydrogen-bond donors (Lipinski definition) is 1. The molecular weight excluding hydrogens is 244 g/mol. The van der Waals surface area contributed by atoms with Crippen molar-refractivity contribution in [3.63, 3.8) is 0 Å². The number of nitrogens with two attached hydrogens (primary N) is 1. The highest BCUT2D eigenvalue weighted by Gasteiger charge is 2.21. The van der Waals surface area contributed by atoms with Gasteiger partial charge in [0.1, 0.15) is 0 Å². The van der Waals surface area contributed by atoms with Crippen molar-refractivity contribution in [2.45, 2.75) is 19.8 Å². The third-order valence-electron chi connectivity index (χ3n) is 2.06. The first-order valence-electron chi connectivity index (χ1n) is 4.42. The van der Waals surface area contributed by atoms with Gasteiger partial charge in [-0.1, -0.05) is 13.8 Å². The lowest BCUT2D eigenvalue weighted by Crippen LogP contribution is -2.25. The minimum Gasteiger partial charge on any atom is -0.369 e. The van der Waals surface area contributed by atoms with E-state index in [0.29, 0.717) is 0 Å². The van der Waals surface area contributed by atoms with Gasteiger partial charge < -0.3 is 5.73 Å². The van der Waals surface area contributed by atoms with Crippen LogP contribution in [0.25, 0.3) is 0 Å². The van der Waals surface area contributed by atoms with Crippen molar-refractivity contribution in [3.8, 4) is 0 Å². The molecule has 1 aromatic heterocycles. The molecule has 0 saturated heterocycles. The van der Waals surface area contributed by atoms with Gasteiger partial charge in [-0.15, -0.1) is 0 Å². The SMILES string of the molecule is CC(C)C(C(N)=O)c1cncc(Br)c1. The van der Waals surface area contributed by atoms with Crippen LogP contribution < -0.4 is 5.73 Å². The summed E-state index contributed by atoms with van der Waals surface area (Å²) in [4.78, 5) is 15.2. The predicted octanol–water partition coefficient (Wildman–Crippen LogP) is 2.07. The van der Waals surface area contributed by atoms with Gasteiger partial charge in [-0.05, 0) is 33.5 Å². The largest absolute Gasteiger partial charge is 0.369 e. The summed E-state index contributed by atoms with van der Waals surface area (Å²) in [5.74, 6) is -0.386. The van der Waals surface area contributed by atoms with Crippen molar-refractivity contribution in [2.75, 3.05) is 0 Å². The van der Waals surface area contributed by atoms with E-state index in [-0.39, 0.29) is 17.7 Å². The molecule has 0 aliphatic carbocycles. The Morgan fingerprint density at radius 3 is 2.57 bits per heavy atom. The van der Waals surface area contributed by atoms with Crippen LogP contribution in [0.5, 0.6) is 0 Å². The van der Waals surface area contributed by atoms with E-state index in [1.54, 1.807) is 12.4 Å². The zero-order valence-corrected chi connectivity index (χ0v) is 9.78. The lowest BCUT2D eigenvalue weighted by molar-refractivity contribution is -0.120. The summed E-state index contributed by atoms with van der Waals surface area (Å²) in [5.41, 5.74) is 6.20. The van der Waals surface area contributed by atoms with Crippen molar-refractivity contribution in [3.05, 3.63) is 28.5 Å². The monoisotopic (exact) mass is 256 g/mol. The number of amides is 1. The van der Waals surface area contributed by atoms with E-state index in [1.165, 1.54) is 0 Å². The Labute approximate surface area is 91.8 Å². The zero-order chi connectivity index (χ0) is 10.7. The van der Waals surface area contributed by atoms with E-state index in [9.17, 15) is 4.79 Å². The molecule has 14 heavy (non-hydrogen) atoms. The standard InChI is InChI=1S/C10H13BrN2O/c1-6(2)9(10(12)14)7-3-8(11)5-13-4-7/h3-6,9H,1-2H3,(H2,12,14). The molecule has 4 heteroatoms. The van der Waals surface area contributed by atoms with Crippen molar-refractivity contribution in [2.24, 2.45) is 11.7 Å². The van der Waals surface area contributed by atoms with E-state index in [4.69, 9.17) is 5.73 Å². The molecule has 0 aromatic carbocycles. The Balaban J connectivity index is 3.05. The molecule has 1 aromatic rings. The highest BCUT2D eigenvalue weighted by Crippen LogP contribution is 2.25. The van der Waals surface area contributed by atoms with Crippen LogP contribution in [-0.4, -0.2) is 10.9 Å². The summed E-state index contributed by atoms with van der Waals surface area (Å²) in [6.07, 6.45) is 3.36. The lowest BCUT2D eigenvalue weighted by atomic mass is 9.89. The summed E-state index contributed by atoms with van der Waals surface area (Å²) in [6.45, 7) is 3.94. The van der Waals surface area contributed by atoms with E-state index in [2.05, 4.69) is 20.9 Å². The average molecular weight is 257 g/mol. The maximum Gasteiger partial charge on any atom is 0.225 e. The molecule has 0 radical (unpaired) electrons. The number of primary amides is 1. The number of pyridine rings is 1. The second-order valence-corrected chi connectivity index (χ2v) is 4.48. The number of hydrogen-bond acceptors (Lipinski definition) is 2. The number of carbonyl (C=O) groups is 1. The molecule has 0 bridgehead atoms. The first-order valence-corrected chi connectivity index (χ1v) is 5.21. The fraction of sp³-hybridized carbons (Fsp3) is 0.400. The van der Waals surface area contributed by atoms with Gasteiger partial charge in [0.2, 0.25) is 5.91 Å². The molecular formula is C10H13BrN2O. The molecule has 2 N–H and O–H groups in total. The Morgan fingerprint density at radius 2 is 2.14 bits per heavy atom. The Hall–Kier alpha value is -0.900. The van der Waals surface area contributed by atoms with Gasteiger partial charge >= 0.3 is 0 Å². The van der Waals surface area contributed by atoms with Crippen molar-refractivity contribution in [1.29, 1.82) is 0 Å². The van der Waals surface area contributed by atoms with Crippen LogP contribution in [0.2, 0.25) is 0 Å². The predicted molar refractivity (Wildman–Crippen MR) is 58.7 cm³/mol. The van der Waals surface area contributed by atoms with Gasteiger partial charge in [0, 0.05) is 16.9 Å². The summed E-state index contributed by atoms with van der Waals surface area (Å²) >= 11 is 3.31. The molecule has 0 spiro atoms. The van der Waals surface area contributed by atoms with Gasteiger partial charge in [-0.3, -0.25) is 9.78 Å². The highest BCUT2D eigenvalue weighted by molar-refractivity contribution is 9.10. The molecule has 0 saturated carbocycles. The maximum absolute atomic E-state index is 11.2. The van der Waals surface area contributed by atoms with E-state index in [1.807, 2.05) is 19.9 Å². The summed E-state index contributed by atoms with van der Waals surface area (Å²) < 4.78 is 0.863. The van der Waals surface area contributed by atoms with Crippen LogP contribution >= 0.6 is 15.9 Å². The molecule has 1 amide bonds. The first-order chi connectivity index (χ1) is 6.52. The van der Waals surface area contributed by atoms with Crippen molar-refractivity contribution in [1.82, 2.24) is 4.98 Å². The van der Waals surface area contributed by atoms with E-state index in [0.717, 1.165) is 10.0 Å². The van der Waals surface area contributed by atoms with Crippen LogP contribution in [0.3, 0.4) is 0 Å². The van der Waals surface area contributed by atoms with Crippen LogP contribution in [0.4, 0.5) is 0 Å². The molecule has 1 rings (SSSR count). The molecule has 76 valence electrons. The molecule has 1 unspecified atom stereocenters. The van der Waals surface area contributed by atoms with Crippen LogP contribution in [0.15, 0.2) is 22.9 Å². The van der Waals surface area contributed by atoms with Gasteiger partial charge in [-0.25, -0.2) is 0 Å². The van der Waals surface area contributed by atoms with E-state index < -0.39 is 0 Å². The fourth-order valence-electron chi connectivity index (χ4n) is 1.48. The topological polar surface area (TPSA) is 56.0 Å². The minimum absolute atomic E-state index is 0.184. The zero-order valence-electron chi connectivity index (χ0n) is 8.20. The van der Waals surface area contributed by atoms with E-state index >= 15 is 0 Å². The quantitative estimate of drug-likeness (QED) is 0.901. The maximum atomic E-state index is 11.2. The Morgan fingerprint density at radius 1 is 1.50 bits per heavy atom. The van der Waals surface area contributed by atoms with Gasteiger partial charge in [0.15, 0.2) is 0 Å². The average Bonchev–Trinajstić information content (AvgIpc) is 2.02. The lowest BCUT2D eigenvalue weighted by Gasteiger charge is -2.17. The number of carbonyl (C=O) groups excluding carboxylic acids is 1. The number of halogens is 1. The smallest absolute Gasteiger partial charge is 0.225 e. The molecule has 0 aliphatic rings. The third-order valence-corrected chi connectivity index (χ3v) is 2.49. The molecule has 1 heterocycles. The van der Waals surface area contributed by atoms with Crippen LogP contribution in [0, 0.1) is 5.92 Å². The second kappa shape index (κ2) is 4.55. The van der Waals surface area contributed by atoms with Crippen molar-refractivity contribution < 1.29 is 4.79 Å². The third kappa shape index (κ3) is 2.54. The first kappa shape index (κ1) is 11.2. The van der Waals surface area contributed by atoms with Gasteiger partial charge in [0.25, 0.3) is 0 Å². The summed E-state index contributed by atoms with van der Waals surface area (Å²) in [6, 6.07) is 1.88. The summed E-state index contributed by atoms with van der Waals surface area (Å²) in [5, 5.41) is 0. The van der Waals surface area contributed by atoms with Crippen LogP contribution in [-0.2, 0) is 4.79 Å². The molecule has 3 nitrogen and oxygen atoms in total. The highest BCUT2D eigenvalue weighted by atomic mass is 79.9. The summed E-state index contributed by atoms with van der Waals surface area (Å²) in [7, 11) is 0. The van der Waals surface area contributed by atoms with Gasteiger partial charge in [-0.2, -0.15) is 0 Å². The fourth-order valence-corrected chi connectivity index (χ4v) is 1.86. The molecule has 0 fully saturated rings. The second-order valence-electron chi connectivity index (χ2n) is 3.56. The Kier molecular flexibility index (Phi) is 3.63. The number of aromatic nitrogens is 1. The normalized spacial score (nSPS) is 12.9. The number of rotatable bonds is 3. The molecule has 0 aliphatic heterocycles. The van der Waals surface area contributed by atoms with Gasteiger partial charge in [0.05, 0.1) is 5.92 Å². The molecule has 1 atom stereocenters. The minimum atomic E-state index is -0.306. The number of nitrogens with zero attached hydrogens (tertiary/aromatic N) is 1. The Bertz CT molecular complexity index is 339. The van der Waals surface area contributed by atoms with Crippen molar-refractivity contribution >= 4 is 21.8 Å². The van der Waals surface area contributed by atoms with Crippen LogP contribution in [0.1, 0.15) is 25.3 Å².